The first-order valence-corrected chi connectivity index (χ1v) is 2.69. The minimum absolute atomic E-state index is 0.0382. The van der Waals surface area contributed by atoms with Gasteiger partial charge in [-0.1, -0.05) is 0 Å². The first-order valence-electron chi connectivity index (χ1n) is 2.69. The van der Waals surface area contributed by atoms with E-state index in [1.165, 1.54) is 0 Å². The molecule has 0 fully saturated rings. The van der Waals surface area contributed by atoms with E-state index >= 15 is 0 Å². The predicted molar refractivity (Wildman–Crippen MR) is 32.0 cm³/mol. The molecular weight excluding hydrogens is 122 g/mol. The highest BCUT2D eigenvalue weighted by atomic mass is 16.8. The van der Waals surface area contributed by atoms with Crippen LogP contribution in [0.15, 0.2) is 0 Å². The second-order valence-electron chi connectivity index (χ2n) is 2.00. The molecule has 0 heterocycles. The number of hydrogen-bond acceptors (Lipinski definition) is 5. The third kappa shape index (κ3) is 7.80. The van der Waals surface area contributed by atoms with E-state index in [0.717, 1.165) is 6.54 Å². The van der Waals surface area contributed by atoms with Crippen molar-refractivity contribution in [2.75, 3.05) is 27.2 Å². The molecule has 0 amide bonds. The van der Waals surface area contributed by atoms with Gasteiger partial charge in [-0.2, -0.15) is 0 Å². The monoisotopic (exact) mass is 135 g/mol. The quantitative estimate of drug-likeness (QED) is 0.438. The molecule has 0 radical (unpaired) electrons. The van der Waals surface area contributed by atoms with E-state index in [2.05, 4.69) is 5.43 Å². The smallest absolute Gasteiger partial charge is 0.0275 e. The number of hydrazine groups is 1. The van der Waals surface area contributed by atoms with Crippen LogP contribution in [0.2, 0.25) is 0 Å². The summed E-state index contributed by atoms with van der Waals surface area (Å²) in [5.74, 6) is 0. The van der Waals surface area contributed by atoms with E-state index in [9.17, 15) is 0 Å². The normalized spacial score (nSPS) is 11.3. The lowest BCUT2D eigenvalue weighted by atomic mass is 10.6. The SMILES string of the molecule is CN(C)CCNN(O)O. The van der Waals surface area contributed by atoms with E-state index in [1.54, 1.807) is 0 Å². The summed E-state index contributed by atoms with van der Waals surface area (Å²) >= 11 is 0. The van der Waals surface area contributed by atoms with Gasteiger partial charge in [-0.3, -0.25) is 10.4 Å². The highest BCUT2D eigenvalue weighted by molar-refractivity contribution is 4.41. The van der Waals surface area contributed by atoms with Gasteiger partial charge < -0.3 is 4.90 Å². The third-order valence-corrected chi connectivity index (χ3v) is 0.812. The number of rotatable bonds is 4. The number of hydrogen-bond donors (Lipinski definition) is 3. The summed E-state index contributed by atoms with van der Waals surface area (Å²) in [5, 5.41) is 16.2. The van der Waals surface area contributed by atoms with E-state index in [4.69, 9.17) is 10.4 Å². The van der Waals surface area contributed by atoms with Crippen LogP contribution in [-0.2, 0) is 0 Å². The molecule has 5 nitrogen and oxygen atoms in total. The maximum atomic E-state index is 8.12. The van der Waals surface area contributed by atoms with Gasteiger partial charge in [0.25, 0.3) is 0 Å². The molecule has 0 saturated carbocycles. The molecule has 0 atom stereocenters. The summed E-state index contributed by atoms with van der Waals surface area (Å²) in [6.07, 6.45) is 0. The van der Waals surface area contributed by atoms with Crippen LogP contribution in [0.4, 0.5) is 0 Å². The molecule has 0 spiro atoms. The Morgan fingerprint density at radius 1 is 1.33 bits per heavy atom. The van der Waals surface area contributed by atoms with Crippen LogP contribution in [-0.4, -0.2) is 47.8 Å². The molecule has 0 saturated heterocycles. The fourth-order valence-corrected chi connectivity index (χ4v) is 0.374. The second-order valence-corrected chi connectivity index (χ2v) is 2.00. The third-order valence-electron chi connectivity index (χ3n) is 0.812. The average molecular weight is 135 g/mol. The van der Waals surface area contributed by atoms with Crippen molar-refractivity contribution in [3.63, 3.8) is 0 Å². The van der Waals surface area contributed by atoms with Crippen molar-refractivity contribution in [3.05, 3.63) is 0 Å². The molecule has 9 heavy (non-hydrogen) atoms. The maximum Gasteiger partial charge on any atom is 0.0275 e. The average Bonchev–Trinajstić information content (AvgIpc) is 1.63. The lowest BCUT2D eigenvalue weighted by Crippen LogP contribution is -2.36. The van der Waals surface area contributed by atoms with Crippen molar-refractivity contribution >= 4 is 0 Å². The van der Waals surface area contributed by atoms with Crippen LogP contribution < -0.4 is 5.43 Å². The lowest BCUT2D eigenvalue weighted by molar-refractivity contribution is -0.341. The molecule has 0 aliphatic carbocycles. The molecule has 0 bridgehead atoms. The molecular formula is C4H13N3O2. The van der Waals surface area contributed by atoms with Gasteiger partial charge in [0.05, 0.1) is 0 Å². The summed E-state index contributed by atoms with van der Waals surface area (Å²) in [4.78, 5) is 1.93. The Bertz CT molecular complexity index is 58.8. The van der Waals surface area contributed by atoms with Crippen LogP contribution in [0.3, 0.4) is 0 Å². The van der Waals surface area contributed by atoms with Gasteiger partial charge in [-0.25, -0.2) is 5.43 Å². The van der Waals surface area contributed by atoms with Gasteiger partial charge in [-0.05, 0) is 14.1 Å². The van der Waals surface area contributed by atoms with Gasteiger partial charge in [0, 0.05) is 18.4 Å². The standard InChI is InChI=1S/C4H13N3O2/c1-6(2)4-3-5-7(8)9/h5,8-9H,3-4H2,1-2H3. The highest BCUT2D eigenvalue weighted by Crippen LogP contribution is 1.70. The fourth-order valence-electron chi connectivity index (χ4n) is 0.374. The Hall–Kier alpha value is -0.200. The zero-order chi connectivity index (χ0) is 7.28. The number of nitrogens with one attached hydrogen (secondary N) is 1. The first kappa shape index (κ1) is 8.80. The molecule has 3 N–H and O–H groups in total. The summed E-state index contributed by atoms with van der Waals surface area (Å²) < 4.78 is 0. The summed E-state index contributed by atoms with van der Waals surface area (Å²) in [7, 11) is 3.81. The minimum atomic E-state index is -0.0382. The van der Waals surface area contributed by atoms with Crippen molar-refractivity contribution in [1.82, 2.24) is 15.7 Å². The largest absolute Gasteiger partial charge is 0.308 e. The van der Waals surface area contributed by atoms with Gasteiger partial charge >= 0.3 is 0 Å². The van der Waals surface area contributed by atoms with Crippen LogP contribution >= 0.6 is 0 Å². The van der Waals surface area contributed by atoms with Crippen LogP contribution in [0.25, 0.3) is 0 Å². The van der Waals surface area contributed by atoms with E-state index in [1.807, 2.05) is 19.0 Å². The molecule has 0 aliphatic heterocycles. The van der Waals surface area contributed by atoms with Gasteiger partial charge in [0.2, 0.25) is 0 Å². The Labute approximate surface area is 54.4 Å². The van der Waals surface area contributed by atoms with E-state index in [0.29, 0.717) is 6.54 Å². The number of likely N-dealkylation sites (N-methyl/N-ethyl adjacent to an activating group) is 1. The zero-order valence-electron chi connectivity index (χ0n) is 5.70. The zero-order valence-corrected chi connectivity index (χ0v) is 5.70. The lowest BCUT2D eigenvalue weighted by Gasteiger charge is -2.11. The van der Waals surface area contributed by atoms with E-state index < -0.39 is 0 Å². The topological polar surface area (TPSA) is 59.0 Å². The summed E-state index contributed by atoms with van der Waals surface area (Å²) in [6, 6.07) is 0. The number of nitrogens with zero attached hydrogens (tertiary/aromatic N) is 2. The Morgan fingerprint density at radius 3 is 2.22 bits per heavy atom. The highest BCUT2D eigenvalue weighted by Gasteiger charge is 1.91. The van der Waals surface area contributed by atoms with Crippen LogP contribution in [0, 0.1) is 0 Å². The van der Waals surface area contributed by atoms with Crippen molar-refractivity contribution in [2.24, 2.45) is 0 Å². The van der Waals surface area contributed by atoms with Crippen molar-refractivity contribution in [1.29, 1.82) is 0 Å². The molecule has 56 valence electrons. The molecule has 0 unspecified atom stereocenters. The summed E-state index contributed by atoms with van der Waals surface area (Å²) in [5.41, 5.74) is 2.28. The minimum Gasteiger partial charge on any atom is -0.308 e. The second kappa shape index (κ2) is 4.66. The molecule has 0 aliphatic rings. The molecule has 0 aromatic heterocycles. The molecule has 0 aromatic carbocycles. The van der Waals surface area contributed by atoms with Gasteiger partial charge in [0.15, 0.2) is 0 Å². The predicted octanol–water partition coefficient (Wildman–Crippen LogP) is -0.867. The van der Waals surface area contributed by atoms with Crippen molar-refractivity contribution in [2.45, 2.75) is 0 Å². The van der Waals surface area contributed by atoms with E-state index in [-0.39, 0.29) is 5.34 Å². The molecule has 0 aromatic rings. The van der Waals surface area contributed by atoms with Gasteiger partial charge in [-0.15, -0.1) is 0 Å². The Morgan fingerprint density at radius 2 is 1.89 bits per heavy atom. The molecule has 0 rings (SSSR count). The van der Waals surface area contributed by atoms with Crippen molar-refractivity contribution in [3.8, 4) is 0 Å². The molecule has 5 heteroatoms. The fraction of sp³-hybridized carbons (Fsp3) is 1.00. The summed E-state index contributed by atoms with van der Waals surface area (Å²) in [6.45, 7) is 1.28. The first-order chi connectivity index (χ1) is 4.13. The van der Waals surface area contributed by atoms with Crippen LogP contribution in [0.1, 0.15) is 0 Å². The van der Waals surface area contributed by atoms with Crippen LogP contribution in [0.5, 0.6) is 0 Å². The van der Waals surface area contributed by atoms with Gasteiger partial charge in [0.1, 0.15) is 0 Å². The van der Waals surface area contributed by atoms with Crippen molar-refractivity contribution < 1.29 is 10.4 Å². The maximum absolute atomic E-state index is 8.12. The Kier molecular flexibility index (Phi) is 4.55. The Balaban J connectivity index is 2.91.